The van der Waals surface area contributed by atoms with Gasteiger partial charge >= 0.3 is 0 Å². The van der Waals surface area contributed by atoms with Crippen molar-refractivity contribution in [3.05, 3.63) is 59.7 Å². The summed E-state index contributed by atoms with van der Waals surface area (Å²) in [7, 11) is 1.60. The van der Waals surface area contributed by atoms with E-state index in [1.807, 2.05) is 62.4 Å². The third kappa shape index (κ3) is 7.01. The standard InChI is InChI=1S/C26H36N2O4/c1-7-23(25(30)27-8-2)28(17-19-10-9-11-22(16-19)31-6)24(29)18-32-21-14-12-20(13-15-21)26(3,4)5/h9-16,23H,7-8,17-18H2,1-6H3,(H,27,30)/t23-/m0/s1. The molecule has 2 rings (SSSR count). The lowest BCUT2D eigenvalue weighted by Gasteiger charge is -2.30. The summed E-state index contributed by atoms with van der Waals surface area (Å²) in [6, 6.07) is 14.7. The van der Waals surface area contributed by atoms with Crippen molar-refractivity contribution in [1.82, 2.24) is 10.2 Å². The third-order valence-corrected chi connectivity index (χ3v) is 5.31. The Morgan fingerprint density at radius 2 is 1.72 bits per heavy atom. The van der Waals surface area contributed by atoms with E-state index in [9.17, 15) is 9.59 Å². The Bertz CT molecular complexity index is 887. The fourth-order valence-corrected chi connectivity index (χ4v) is 3.46. The van der Waals surface area contributed by atoms with Crippen LogP contribution in [0, 0.1) is 0 Å². The van der Waals surface area contributed by atoms with E-state index in [0.717, 1.165) is 5.56 Å². The summed E-state index contributed by atoms with van der Waals surface area (Å²) in [5.41, 5.74) is 2.12. The lowest BCUT2D eigenvalue weighted by atomic mass is 9.87. The quantitative estimate of drug-likeness (QED) is 0.598. The minimum Gasteiger partial charge on any atom is -0.497 e. The van der Waals surface area contributed by atoms with Gasteiger partial charge in [-0.2, -0.15) is 0 Å². The second-order valence-electron chi connectivity index (χ2n) is 8.75. The van der Waals surface area contributed by atoms with Crippen molar-refractivity contribution < 1.29 is 19.1 Å². The van der Waals surface area contributed by atoms with Crippen LogP contribution in [0.3, 0.4) is 0 Å². The van der Waals surface area contributed by atoms with Crippen LogP contribution in [-0.2, 0) is 21.5 Å². The summed E-state index contributed by atoms with van der Waals surface area (Å²) in [6.45, 7) is 10.9. The SMILES string of the molecule is CCNC(=O)[C@H](CC)N(Cc1cccc(OC)c1)C(=O)COc1ccc(C(C)(C)C)cc1. The first-order valence-corrected chi connectivity index (χ1v) is 11.1. The van der Waals surface area contributed by atoms with Crippen molar-refractivity contribution in [3.63, 3.8) is 0 Å². The van der Waals surface area contributed by atoms with Crippen LogP contribution >= 0.6 is 0 Å². The lowest BCUT2D eigenvalue weighted by molar-refractivity contribution is -0.142. The zero-order chi connectivity index (χ0) is 23.7. The van der Waals surface area contributed by atoms with Crippen molar-refractivity contribution in [2.45, 2.75) is 59.0 Å². The number of nitrogens with zero attached hydrogens (tertiary/aromatic N) is 1. The molecule has 1 atom stereocenters. The first kappa shape index (κ1) is 25.2. The summed E-state index contributed by atoms with van der Waals surface area (Å²) < 4.78 is 11.1. The van der Waals surface area contributed by atoms with Gasteiger partial charge in [0.1, 0.15) is 17.5 Å². The number of hydrogen-bond acceptors (Lipinski definition) is 4. The number of carbonyl (C=O) groups excluding carboxylic acids is 2. The second-order valence-corrected chi connectivity index (χ2v) is 8.75. The number of amides is 2. The van der Waals surface area contributed by atoms with E-state index in [4.69, 9.17) is 9.47 Å². The van der Waals surface area contributed by atoms with E-state index in [1.54, 1.807) is 12.0 Å². The molecule has 1 N–H and O–H groups in total. The minimum atomic E-state index is -0.583. The van der Waals surface area contributed by atoms with E-state index in [-0.39, 0.29) is 30.4 Å². The van der Waals surface area contributed by atoms with E-state index < -0.39 is 6.04 Å². The van der Waals surface area contributed by atoms with Crippen LogP contribution in [0.1, 0.15) is 52.2 Å². The second kappa shape index (κ2) is 11.6. The van der Waals surface area contributed by atoms with Gasteiger partial charge in [-0.05, 0) is 54.2 Å². The molecular weight excluding hydrogens is 404 g/mol. The first-order valence-electron chi connectivity index (χ1n) is 11.1. The maximum atomic E-state index is 13.2. The number of ether oxygens (including phenoxy) is 2. The zero-order valence-corrected chi connectivity index (χ0v) is 20.1. The van der Waals surface area contributed by atoms with Crippen molar-refractivity contribution in [3.8, 4) is 11.5 Å². The molecule has 2 aromatic rings. The van der Waals surface area contributed by atoms with E-state index in [1.165, 1.54) is 5.56 Å². The fourth-order valence-electron chi connectivity index (χ4n) is 3.46. The first-order chi connectivity index (χ1) is 15.2. The highest BCUT2D eigenvalue weighted by molar-refractivity contribution is 5.88. The Balaban J connectivity index is 2.19. The number of nitrogens with one attached hydrogen (secondary N) is 1. The molecule has 0 aliphatic rings. The predicted octanol–water partition coefficient (Wildman–Crippen LogP) is 4.32. The molecule has 32 heavy (non-hydrogen) atoms. The van der Waals surface area contributed by atoms with Crippen LogP contribution < -0.4 is 14.8 Å². The molecule has 0 radical (unpaired) electrons. The van der Waals surface area contributed by atoms with Crippen molar-refractivity contribution in [2.75, 3.05) is 20.3 Å². The van der Waals surface area contributed by atoms with Gasteiger partial charge in [-0.25, -0.2) is 0 Å². The van der Waals surface area contributed by atoms with E-state index in [2.05, 4.69) is 26.1 Å². The van der Waals surface area contributed by atoms with Gasteiger partial charge in [0.05, 0.1) is 7.11 Å². The number of methoxy groups -OCH3 is 1. The number of carbonyl (C=O) groups is 2. The van der Waals surface area contributed by atoms with E-state index >= 15 is 0 Å². The molecule has 2 amide bonds. The molecule has 0 saturated carbocycles. The van der Waals surface area contributed by atoms with Gasteiger partial charge in [0.2, 0.25) is 5.91 Å². The van der Waals surface area contributed by atoms with Gasteiger partial charge in [-0.3, -0.25) is 9.59 Å². The normalized spacial score (nSPS) is 12.1. The van der Waals surface area contributed by atoms with Crippen LogP contribution in [0.4, 0.5) is 0 Å². The predicted molar refractivity (Wildman–Crippen MR) is 127 cm³/mol. The smallest absolute Gasteiger partial charge is 0.261 e. The van der Waals surface area contributed by atoms with Crippen LogP contribution in [0.2, 0.25) is 0 Å². The Hall–Kier alpha value is -3.02. The van der Waals surface area contributed by atoms with Gasteiger partial charge in [0.25, 0.3) is 5.91 Å². The molecule has 6 heteroatoms. The van der Waals surface area contributed by atoms with Gasteiger partial charge in [0, 0.05) is 13.1 Å². The molecule has 0 bridgehead atoms. The maximum Gasteiger partial charge on any atom is 0.261 e. The molecule has 0 saturated heterocycles. The largest absolute Gasteiger partial charge is 0.497 e. The van der Waals surface area contributed by atoms with Crippen molar-refractivity contribution >= 4 is 11.8 Å². The molecule has 0 aliphatic heterocycles. The fraction of sp³-hybridized carbons (Fsp3) is 0.462. The Morgan fingerprint density at radius 1 is 1.03 bits per heavy atom. The summed E-state index contributed by atoms with van der Waals surface area (Å²) >= 11 is 0. The number of rotatable bonds is 10. The Morgan fingerprint density at radius 3 is 2.28 bits per heavy atom. The highest BCUT2D eigenvalue weighted by atomic mass is 16.5. The zero-order valence-electron chi connectivity index (χ0n) is 20.1. The molecule has 2 aromatic carbocycles. The highest BCUT2D eigenvalue weighted by Gasteiger charge is 2.28. The molecule has 0 fully saturated rings. The highest BCUT2D eigenvalue weighted by Crippen LogP contribution is 2.24. The Kier molecular flexibility index (Phi) is 9.12. The van der Waals surface area contributed by atoms with Gasteiger partial charge in [0.15, 0.2) is 6.61 Å². The molecule has 174 valence electrons. The lowest BCUT2D eigenvalue weighted by Crippen LogP contribution is -2.50. The van der Waals surface area contributed by atoms with Crippen molar-refractivity contribution in [1.29, 1.82) is 0 Å². The number of likely N-dealkylation sites (N-methyl/N-ethyl adjacent to an activating group) is 1. The molecule has 6 nitrogen and oxygen atoms in total. The molecule has 0 unspecified atom stereocenters. The van der Waals surface area contributed by atoms with Crippen LogP contribution in [0.5, 0.6) is 11.5 Å². The van der Waals surface area contributed by atoms with Crippen LogP contribution in [0.25, 0.3) is 0 Å². The Labute approximate surface area is 191 Å². The number of benzene rings is 2. The average molecular weight is 441 g/mol. The van der Waals surface area contributed by atoms with Gasteiger partial charge < -0.3 is 19.7 Å². The summed E-state index contributed by atoms with van der Waals surface area (Å²) in [4.78, 5) is 27.5. The van der Waals surface area contributed by atoms with Crippen molar-refractivity contribution in [2.24, 2.45) is 0 Å². The monoisotopic (exact) mass is 440 g/mol. The molecule has 0 spiro atoms. The minimum absolute atomic E-state index is 0.0445. The topological polar surface area (TPSA) is 67.9 Å². The summed E-state index contributed by atoms with van der Waals surface area (Å²) in [5.74, 6) is 0.918. The van der Waals surface area contributed by atoms with Gasteiger partial charge in [-0.15, -0.1) is 0 Å². The average Bonchev–Trinajstić information content (AvgIpc) is 2.77. The van der Waals surface area contributed by atoms with E-state index in [0.29, 0.717) is 24.5 Å². The maximum absolute atomic E-state index is 13.2. The molecule has 0 aromatic heterocycles. The van der Waals surface area contributed by atoms with Gasteiger partial charge in [-0.1, -0.05) is 52.0 Å². The summed E-state index contributed by atoms with van der Waals surface area (Å²) in [6.07, 6.45) is 0.502. The molecular formula is C26H36N2O4. The van der Waals surface area contributed by atoms with Crippen LogP contribution in [-0.4, -0.2) is 43.0 Å². The third-order valence-electron chi connectivity index (χ3n) is 5.31. The molecule has 0 heterocycles. The summed E-state index contributed by atoms with van der Waals surface area (Å²) in [5, 5.41) is 2.84. The molecule has 0 aliphatic carbocycles. The number of hydrogen-bond donors (Lipinski definition) is 1. The van der Waals surface area contributed by atoms with Crippen LogP contribution in [0.15, 0.2) is 48.5 Å².